The van der Waals surface area contributed by atoms with Crippen LogP contribution in [-0.4, -0.2) is 46.6 Å². The third kappa shape index (κ3) is 4.67. The van der Waals surface area contributed by atoms with Gasteiger partial charge in [-0.2, -0.15) is 14.0 Å². The standard InChI is InChI=1S/C28H26BrF2N5O3/c1-14(2)24(35-27(38)39-3)26(37)36-13-15(11-32)8-23(36)25-33-12-22(34-25)16-4-6-18-19-7-5-17(29)10-21(19)28(30,31)20(18)9-16/h4-7,9-10,12,14-15,23-24H,8,13H2,1-3H3,(H,33,34)(H,35,38)/t15-,23+,24+/m1/s1. The molecule has 0 unspecified atom stereocenters. The zero-order chi connectivity index (χ0) is 28.1. The molecular weight excluding hydrogens is 572 g/mol. The first kappa shape index (κ1) is 26.8. The van der Waals surface area contributed by atoms with Gasteiger partial charge in [-0.1, -0.05) is 48.0 Å². The topological polar surface area (TPSA) is 111 Å². The van der Waals surface area contributed by atoms with Crippen molar-refractivity contribution >= 4 is 27.9 Å². The number of H-pyrrole nitrogens is 1. The predicted octanol–water partition coefficient (Wildman–Crippen LogP) is 5.75. The van der Waals surface area contributed by atoms with Gasteiger partial charge in [0.15, 0.2) is 0 Å². The Morgan fingerprint density at radius 3 is 2.59 bits per heavy atom. The van der Waals surface area contributed by atoms with Crippen LogP contribution in [0.2, 0.25) is 0 Å². The number of aromatic amines is 1. The number of alkyl carbamates (subject to hydrolysis) is 1. The van der Waals surface area contributed by atoms with Gasteiger partial charge in [-0.25, -0.2) is 9.78 Å². The number of alkyl halides is 2. The molecule has 8 nitrogen and oxygen atoms in total. The number of methoxy groups -OCH3 is 1. The molecule has 2 aromatic carbocycles. The number of hydrogen-bond acceptors (Lipinski definition) is 5. The summed E-state index contributed by atoms with van der Waals surface area (Å²) in [6.45, 7) is 3.79. The summed E-state index contributed by atoms with van der Waals surface area (Å²) < 4.78 is 36.0. The number of benzene rings is 2. The Morgan fingerprint density at radius 2 is 1.92 bits per heavy atom. The molecule has 1 saturated heterocycles. The monoisotopic (exact) mass is 597 g/mol. The molecule has 1 aromatic heterocycles. The third-order valence-corrected chi connectivity index (χ3v) is 7.84. The SMILES string of the molecule is COC(=O)N[C@H](C(=O)N1C[C@@H](C#N)C[C@H]1c1ncc(-c2ccc3c(c2)C(F)(F)c2cc(Br)ccc2-3)[nH]1)C(C)C. The van der Waals surface area contributed by atoms with E-state index in [1.165, 1.54) is 19.2 Å². The fourth-order valence-electron chi connectivity index (χ4n) is 5.33. The van der Waals surface area contributed by atoms with Crippen LogP contribution in [-0.2, 0) is 15.5 Å². The molecule has 39 heavy (non-hydrogen) atoms. The lowest BCUT2D eigenvalue weighted by atomic mass is 10.0. The highest BCUT2D eigenvalue weighted by atomic mass is 79.9. The van der Waals surface area contributed by atoms with Crippen LogP contribution >= 0.6 is 15.9 Å². The van der Waals surface area contributed by atoms with Gasteiger partial charge in [0.25, 0.3) is 5.92 Å². The first-order valence-corrected chi connectivity index (χ1v) is 13.3. The quantitative estimate of drug-likeness (QED) is 0.389. The number of imidazole rings is 1. The Balaban J connectivity index is 1.45. The fourth-order valence-corrected chi connectivity index (χ4v) is 5.69. The molecule has 2 heterocycles. The molecule has 3 atom stereocenters. The van der Waals surface area contributed by atoms with Crippen LogP contribution in [0.1, 0.15) is 43.3 Å². The second kappa shape index (κ2) is 10.1. The van der Waals surface area contributed by atoms with E-state index in [1.807, 2.05) is 0 Å². The van der Waals surface area contributed by atoms with Gasteiger partial charge in [0, 0.05) is 27.7 Å². The van der Waals surface area contributed by atoms with Gasteiger partial charge in [-0.15, -0.1) is 0 Å². The lowest BCUT2D eigenvalue weighted by molar-refractivity contribution is -0.135. The normalized spacial score (nSPS) is 19.8. The number of hydrogen-bond donors (Lipinski definition) is 2. The molecule has 1 fully saturated rings. The highest BCUT2D eigenvalue weighted by molar-refractivity contribution is 9.10. The second-order valence-corrected chi connectivity index (χ2v) is 11.0. The Kier molecular flexibility index (Phi) is 6.93. The van der Waals surface area contributed by atoms with Gasteiger partial charge in [-0.05, 0) is 41.7 Å². The molecule has 0 bridgehead atoms. The molecule has 2 N–H and O–H groups in total. The molecule has 0 saturated carbocycles. The number of halogens is 3. The van der Waals surface area contributed by atoms with Crippen molar-refractivity contribution in [3.63, 3.8) is 0 Å². The van der Waals surface area contributed by atoms with E-state index in [0.29, 0.717) is 39.1 Å². The number of ether oxygens (including phenoxy) is 1. The molecule has 0 spiro atoms. The third-order valence-electron chi connectivity index (χ3n) is 7.35. The average Bonchev–Trinajstić information content (AvgIpc) is 3.62. The maximum absolute atomic E-state index is 15.4. The molecule has 2 aliphatic rings. The summed E-state index contributed by atoms with van der Waals surface area (Å²) in [6.07, 6.45) is 1.17. The molecule has 5 rings (SSSR count). The number of aromatic nitrogens is 2. The van der Waals surface area contributed by atoms with Gasteiger partial charge in [0.2, 0.25) is 5.91 Å². The summed E-state index contributed by atoms with van der Waals surface area (Å²) in [4.78, 5) is 34.6. The summed E-state index contributed by atoms with van der Waals surface area (Å²) in [5.74, 6) is -3.72. The van der Waals surface area contributed by atoms with Crippen molar-refractivity contribution in [2.45, 2.75) is 38.3 Å². The molecular formula is C28H26BrF2N5O3. The molecule has 11 heteroatoms. The molecule has 1 aliphatic carbocycles. The lowest BCUT2D eigenvalue weighted by Gasteiger charge is -2.29. The molecule has 1 aliphatic heterocycles. The van der Waals surface area contributed by atoms with E-state index in [-0.39, 0.29) is 29.5 Å². The average molecular weight is 598 g/mol. The van der Waals surface area contributed by atoms with Crippen LogP contribution in [0.25, 0.3) is 22.4 Å². The number of nitrogens with zero attached hydrogens (tertiary/aromatic N) is 3. The Hall–Kier alpha value is -3.78. The molecule has 0 radical (unpaired) electrons. The number of carbonyl (C=O) groups is 2. The number of fused-ring (bicyclic) bond motifs is 3. The van der Waals surface area contributed by atoms with Crippen molar-refractivity contribution in [1.82, 2.24) is 20.2 Å². The lowest BCUT2D eigenvalue weighted by Crippen LogP contribution is -2.51. The Labute approximate surface area is 232 Å². The minimum atomic E-state index is -3.15. The van der Waals surface area contributed by atoms with Gasteiger partial charge in [-0.3, -0.25) is 4.79 Å². The number of amides is 2. The van der Waals surface area contributed by atoms with Crippen molar-refractivity contribution in [2.75, 3.05) is 13.7 Å². The number of carbonyl (C=O) groups excluding carboxylic acids is 2. The van der Waals surface area contributed by atoms with E-state index >= 15 is 8.78 Å². The molecule has 3 aromatic rings. The minimum absolute atomic E-state index is 0.0442. The van der Waals surface area contributed by atoms with Crippen LogP contribution in [0.4, 0.5) is 13.6 Å². The highest BCUT2D eigenvalue weighted by Crippen LogP contribution is 2.52. The van der Waals surface area contributed by atoms with Crippen molar-refractivity contribution in [3.8, 4) is 28.5 Å². The predicted molar refractivity (Wildman–Crippen MR) is 142 cm³/mol. The summed E-state index contributed by atoms with van der Waals surface area (Å²) in [5.41, 5.74) is 1.89. The van der Waals surface area contributed by atoms with Gasteiger partial charge < -0.3 is 19.9 Å². The fraction of sp³-hybridized carbons (Fsp3) is 0.357. The first-order valence-electron chi connectivity index (χ1n) is 12.5. The second-order valence-electron chi connectivity index (χ2n) is 10.1. The van der Waals surface area contributed by atoms with Crippen molar-refractivity contribution in [1.29, 1.82) is 5.26 Å². The zero-order valence-electron chi connectivity index (χ0n) is 21.5. The van der Waals surface area contributed by atoms with Crippen LogP contribution < -0.4 is 5.32 Å². The minimum Gasteiger partial charge on any atom is -0.453 e. The smallest absolute Gasteiger partial charge is 0.407 e. The van der Waals surface area contributed by atoms with Crippen LogP contribution in [0.5, 0.6) is 0 Å². The zero-order valence-corrected chi connectivity index (χ0v) is 23.1. The van der Waals surface area contributed by atoms with E-state index in [2.05, 4.69) is 42.0 Å². The maximum Gasteiger partial charge on any atom is 0.407 e. The van der Waals surface area contributed by atoms with Crippen LogP contribution in [0.3, 0.4) is 0 Å². The van der Waals surface area contributed by atoms with Gasteiger partial charge >= 0.3 is 6.09 Å². The van der Waals surface area contributed by atoms with E-state index < -0.39 is 30.0 Å². The summed E-state index contributed by atoms with van der Waals surface area (Å²) in [7, 11) is 1.22. The first-order chi connectivity index (χ1) is 18.5. The van der Waals surface area contributed by atoms with Crippen molar-refractivity contribution in [2.24, 2.45) is 11.8 Å². The largest absolute Gasteiger partial charge is 0.453 e. The van der Waals surface area contributed by atoms with Crippen molar-refractivity contribution in [3.05, 3.63) is 64.0 Å². The number of nitrogens with one attached hydrogen (secondary N) is 2. The molecule has 2 amide bonds. The van der Waals surface area contributed by atoms with Gasteiger partial charge in [0.05, 0.1) is 37.0 Å². The summed E-state index contributed by atoms with van der Waals surface area (Å²) in [6, 6.07) is 10.6. The highest BCUT2D eigenvalue weighted by Gasteiger charge is 2.45. The Bertz CT molecular complexity index is 1500. The summed E-state index contributed by atoms with van der Waals surface area (Å²) in [5, 5.41) is 12.2. The Morgan fingerprint density at radius 1 is 1.23 bits per heavy atom. The van der Waals surface area contributed by atoms with Gasteiger partial charge in [0.1, 0.15) is 11.9 Å². The summed E-state index contributed by atoms with van der Waals surface area (Å²) >= 11 is 3.28. The van der Waals surface area contributed by atoms with E-state index in [0.717, 1.165) is 0 Å². The number of likely N-dealkylation sites (tertiary alicyclic amines) is 1. The maximum atomic E-state index is 15.4. The molecule has 202 valence electrons. The van der Waals surface area contributed by atoms with E-state index in [9.17, 15) is 14.9 Å². The van der Waals surface area contributed by atoms with Crippen molar-refractivity contribution < 1.29 is 23.1 Å². The van der Waals surface area contributed by atoms with Crippen LogP contribution in [0.15, 0.2) is 47.1 Å². The van der Waals surface area contributed by atoms with E-state index in [4.69, 9.17) is 0 Å². The van der Waals surface area contributed by atoms with Crippen LogP contribution in [0, 0.1) is 23.2 Å². The number of nitriles is 1. The van der Waals surface area contributed by atoms with E-state index in [1.54, 1.807) is 49.2 Å². The number of rotatable bonds is 5.